The topological polar surface area (TPSA) is 181 Å². The molecule has 6 atom stereocenters. The Balaban J connectivity index is 1.20. The Morgan fingerprint density at radius 1 is 0.821 bits per heavy atom. The number of aliphatic hydroxyl groups excluding tert-OH is 1. The average molecular weight is 1120 g/mol. The smallest absolute Gasteiger partial charge is 0.407 e. The molecule has 4 aliphatic heterocycles. The number of alkyl halides is 8. The second kappa shape index (κ2) is 23.5. The van der Waals surface area contributed by atoms with E-state index in [1.54, 1.807) is 30.5 Å². The van der Waals surface area contributed by atoms with Crippen LogP contribution in [0.2, 0.25) is 0 Å². The lowest BCUT2D eigenvalue weighted by Gasteiger charge is -2.60. The number of nitrogens with one attached hydrogen (secondary N) is 2. The summed E-state index contributed by atoms with van der Waals surface area (Å²) in [5, 5.41) is 18.3. The number of hydrazine groups is 1. The molecule has 16 nitrogen and oxygen atoms in total. The highest BCUT2D eigenvalue weighted by Crippen LogP contribution is 2.46. The Hall–Kier alpha value is -6.38. The van der Waals surface area contributed by atoms with Gasteiger partial charge in [0, 0.05) is 73.8 Å². The van der Waals surface area contributed by atoms with Crippen LogP contribution < -0.4 is 15.6 Å². The maximum absolute atomic E-state index is 16.1. The van der Waals surface area contributed by atoms with Gasteiger partial charge in [-0.2, -0.15) is 40.2 Å². The normalized spacial score (nSPS) is 18.9. The minimum Gasteiger partial charge on any atom is -0.469 e. The molecule has 0 spiro atoms. The highest BCUT2D eigenvalue weighted by Gasteiger charge is 2.57. The van der Waals surface area contributed by atoms with Gasteiger partial charge in [0.05, 0.1) is 68.4 Å². The summed E-state index contributed by atoms with van der Waals surface area (Å²) in [7, 11) is 1.71. The molecule has 3 N–H and O–H groups in total. The lowest BCUT2D eigenvalue weighted by atomic mass is 9.75. The maximum Gasteiger partial charge on any atom is 0.407 e. The number of benzene rings is 2. The third kappa shape index (κ3) is 13.0. The lowest BCUT2D eigenvalue weighted by molar-refractivity contribution is -0.231. The van der Waals surface area contributed by atoms with E-state index < -0.39 is 121 Å². The second-order valence-electron chi connectivity index (χ2n) is 21.0. The Kier molecular flexibility index (Phi) is 17.9. The molecule has 6 heterocycles. The number of ether oxygens (including phenoxy) is 3. The summed E-state index contributed by atoms with van der Waals surface area (Å²) in [6.07, 6.45) is -12.5. The van der Waals surface area contributed by atoms with Gasteiger partial charge in [-0.3, -0.25) is 24.7 Å². The number of pyridine rings is 1. The van der Waals surface area contributed by atoms with Crippen LogP contribution in [0, 0.1) is 34.3 Å². The lowest BCUT2D eigenvalue weighted by Crippen LogP contribution is -2.74. The van der Waals surface area contributed by atoms with E-state index in [2.05, 4.69) is 29.8 Å². The van der Waals surface area contributed by atoms with E-state index in [-0.39, 0.29) is 22.4 Å². The predicted molar refractivity (Wildman–Crippen MR) is 260 cm³/mol. The number of aromatic nitrogens is 3. The van der Waals surface area contributed by atoms with Gasteiger partial charge in [0.25, 0.3) is 0 Å². The van der Waals surface area contributed by atoms with Gasteiger partial charge in [0.15, 0.2) is 5.78 Å². The highest BCUT2D eigenvalue weighted by atomic mass is 19.4. The number of halogens is 10. The van der Waals surface area contributed by atoms with Crippen molar-refractivity contribution < 1.29 is 82.4 Å². The summed E-state index contributed by atoms with van der Waals surface area (Å²) in [4.78, 5) is 62.7. The Bertz CT molecular complexity index is 2740. The maximum atomic E-state index is 16.1. The predicted octanol–water partition coefficient (Wildman–Crippen LogP) is 8.04. The van der Waals surface area contributed by atoms with Crippen LogP contribution in [-0.4, -0.2) is 143 Å². The van der Waals surface area contributed by atoms with Crippen molar-refractivity contribution in [3.05, 3.63) is 89.8 Å². The number of piperidine rings is 1. The van der Waals surface area contributed by atoms with E-state index in [4.69, 9.17) is 9.72 Å². The molecule has 2 aromatic heterocycles. The van der Waals surface area contributed by atoms with Crippen LogP contribution >= 0.6 is 0 Å². The number of carbonyl (C=O) groups is 4. The number of esters is 1. The molecular formula is C52H60F10N8O8. The molecule has 426 valence electrons. The molecule has 4 aromatic rings. The molecule has 4 aliphatic rings. The Morgan fingerprint density at radius 3 is 1.95 bits per heavy atom. The minimum absolute atomic E-state index is 0.214. The average Bonchev–Trinajstić information content (AvgIpc) is 3.98. The largest absolute Gasteiger partial charge is 0.469 e. The first kappa shape index (κ1) is 59.3. The molecular weight excluding hydrogens is 1050 g/mol. The number of carbonyl (C=O) groups excluding carboxylic acids is 4. The summed E-state index contributed by atoms with van der Waals surface area (Å²) in [5.74, 6) is -9.84. The first-order chi connectivity index (χ1) is 36.5. The van der Waals surface area contributed by atoms with E-state index in [0.29, 0.717) is 79.7 Å². The monoisotopic (exact) mass is 1110 g/mol. The number of rotatable bonds is 22. The molecule has 26 heteroatoms. The summed E-state index contributed by atoms with van der Waals surface area (Å²) >= 11 is 0. The molecule has 78 heavy (non-hydrogen) atoms. The van der Waals surface area contributed by atoms with E-state index in [1.807, 2.05) is 17.4 Å². The van der Waals surface area contributed by atoms with E-state index in [0.717, 1.165) is 65.0 Å². The molecule has 0 radical (unpaired) electrons. The number of hydrogen-bond donors (Lipinski definition) is 3. The molecule has 2 aromatic carbocycles. The molecule has 4 saturated heterocycles. The van der Waals surface area contributed by atoms with Gasteiger partial charge in [0.1, 0.15) is 23.5 Å². The zero-order valence-electron chi connectivity index (χ0n) is 43.3. The van der Waals surface area contributed by atoms with Gasteiger partial charge in [-0.25, -0.2) is 28.3 Å². The molecule has 0 aliphatic carbocycles. The van der Waals surface area contributed by atoms with E-state index >= 15 is 8.78 Å². The standard InChI is InChI=1S/C52H60F10N8O8/c1-49(2,51(57,58)59)37(20-44(73)76-5)46(74)66-68(24-36-38(53)16-31(17-39(36)54)40-13-14-69(65-40)47(55)56)25-42(72)32(18-41(71)45(64-48(75)77-6)50(3,4)52(60,61)62)15-28-7-9-29(10-8-28)30-11-12-43(63-21-30)67-22-33-19-34(23-67)70(33)35-26-78-27-35/h7-14,16-17,21,32-35,37,42,45,47,72H,15,18-20,22-27H2,1-6H3,(H,64,75)(H,66,74)/t32-,33?,34?,37-,42+,45-/m1/s1. The number of fused-ring (bicyclic) bond motifs is 2. The van der Waals surface area contributed by atoms with Crippen LogP contribution in [0.5, 0.6) is 0 Å². The van der Waals surface area contributed by atoms with Crippen molar-refractivity contribution in [2.24, 2.45) is 22.7 Å². The van der Waals surface area contributed by atoms with Crippen molar-refractivity contribution in [3.8, 4) is 22.4 Å². The summed E-state index contributed by atoms with van der Waals surface area (Å²) in [6.45, 7) is 0.404. The fraction of sp³-hybridized carbons (Fsp3) is 0.538. The number of aliphatic hydroxyl groups is 1. The molecule has 2 bridgehead atoms. The van der Waals surface area contributed by atoms with Gasteiger partial charge < -0.3 is 29.5 Å². The molecule has 4 fully saturated rings. The number of anilines is 1. The van der Waals surface area contributed by atoms with Gasteiger partial charge in [-0.1, -0.05) is 38.1 Å². The van der Waals surface area contributed by atoms with Crippen molar-refractivity contribution in [2.75, 3.05) is 52.0 Å². The number of ketones is 1. The number of hydrogen-bond acceptors (Lipinski definition) is 13. The second-order valence-corrected chi connectivity index (χ2v) is 21.0. The number of amides is 2. The summed E-state index contributed by atoms with van der Waals surface area (Å²) < 4.78 is 161. The fourth-order valence-corrected chi connectivity index (χ4v) is 10.00. The quantitative estimate of drug-likeness (QED) is 0.0391. The van der Waals surface area contributed by atoms with Gasteiger partial charge in [0.2, 0.25) is 5.91 Å². The molecule has 2 unspecified atom stereocenters. The number of nitrogens with zero attached hydrogens (tertiary/aromatic N) is 6. The van der Waals surface area contributed by atoms with Crippen molar-refractivity contribution in [3.63, 3.8) is 0 Å². The van der Waals surface area contributed by atoms with E-state index in [9.17, 15) is 59.4 Å². The van der Waals surface area contributed by atoms with Crippen LogP contribution in [0.1, 0.15) is 64.6 Å². The van der Waals surface area contributed by atoms with Crippen molar-refractivity contribution in [1.29, 1.82) is 0 Å². The molecule has 8 rings (SSSR count). The Labute approximate surface area is 442 Å². The first-order valence-electron chi connectivity index (χ1n) is 24.8. The van der Waals surface area contributed by atoms with Gasteiger partial charge >= 0.3 is 31.0 Å². The molecule has 0 saturated carbocycles. The number of methoxy groups -OCH3 is 2. The van der Waals surface area contributed by atoms with Crippen LogP contribution in [-0.2, 0) is 41.6 Å². The highest BCUT2D eigenvalue weighted by molar-refractivity contribution is 5.88. The van der Waals surface area contributed by atoms with Gasteiger partial charge in [-0.05, 0) is 74.1 Å². The number of Topliss-reactive ketones (excluding diaryl/α,β-unsaturated/α-hetero) is 1. The number of alkyl carbamates (subject to hydrolysis) is 1. The van der Waals surface area contributed by atoms with Crippen LogP contribution in [0.15, 0.2) is 67.0 Å². The third-order valence-corrected chi connectivity index (χ3v) is 15.2. The van der Waals surface area contributed by atoms with Crippen LogP contribution in [0.25, 0.3) is 22.4 Å². The van der Waals surface area contributed by atoms with Crippen LogP contribution in [0.4, 0.5) is 54.5 Å². The summed E-state index contributed by atoms with van der Waals surface area (Å²) in [6, 6.07) is 11.7. The number of piperazine rings is 1. The SMILES string of the molecule is COC(=O)C[C@H](C(=O)NN(Cc1c(F)cc(-c2ccn(C(F)F)n2)cc1F)C[C@H](O)[C@@H](CC(=O)[C@@H](NC(=O)OC)C(C)(C)C(F)(F)F)Cc1ccc(-c2ccc(N3CC4CC(C3)N4C3COC3)nc2)cc1)C(C)(C)C(F)(F)F. The zero-order chi connectivity index (χ0) is 57.2. The van der Waals surface area contributed by atoms with Crippen molar-refractivity contribution in [2.45, 2.75) is 109 Å². The minimum atomic E-state index is -5.15. The van der Waals surface area contributed by atoms with Gasteiger partial charge in [-0.15, -0.1) is 0 Å². The third-order valence-electron chi connectivity index (χ3n) is 15.2. The fourth-order valence-electron chi connectivity index (χ4n) is 10.00. The molecule has 2 amide bonds. The van der Waals surface area contributed by atoms with Crippen LogP contribution in [0.3, 0.4) is 0 Å². The van der Waals surface area contributed by atoms with Crippen molar-refractivity contribution in [1.82, 2.24) is 35.4 Å². The Morgan fingerprint density at radius 2 is 1.44 bits per heavy atom. The zero-order valence-corrected chi connectivity index (χ0v) is 43.3. The van der Waals surface area contributed by atoms with E-state index in [1.165, 1.54) is 0 Å². The summed E-state index contributed by atoms with van der Waals surface area (Å²) in [5.41, 5.74) is -3.56. The first-order valence-corrected chi connectivity index (χ1v) is 24.8. The van der Waals surface area contributed by atoms with Crippen molar-refractivity contribution >= 4 is 29.6 Å².